The van der Waals surface area contributed by atoms with E-state index >= 15 is 0 Å². The molecule has 0 saturated carbocycles. The standard InChI is InChI=1S/C21H24O3/c22-21(18-10-2-1-3-11-18)19-12-6-8-17(16-19)9-7-15-24-20-13-4-5-14-23-20/h1-3,6,8,10-12,16,20H,4-5,7,9,13-15H2. The van der Waals surface area contributed by atoms with Gasteiger partial charge in [-0.05, 0) is 43.7 Å². The molecule has 24 heavy (non-hydrogen) atoms. The Morgan fingerprint density at radius 2 is 1.88 bits per heavy atom. The minimum atomic E-state index is -0.0234. The fraction of sp³-hybridized carbons (Fsp3) is 0.381. The van der Waals surface area contributed by atoms with Crippen LogP contribution in [-0.2, 0) is 15.9 Å². The van der Waals surface area contributed by atoms with Crippen LogP contribution in [-0.4, -0.2) is 25.3 Å². The Kier molecular flexibility index (Phi) is 6.16. The van der Waals surface area contributed by atoms with Crippen LogP contribution < -0.4 is 0 Å². The van der Waals surface area contributed by atoms with Crippen LogP contribution in [0.3, 0.4) is 0 Å². The number of carbonyl (C=O) groups excluding carboxylic acids is 1. The Morgan fingerprint density at radius 3 is 2.67 bits per heavy atom. The molecule has 1 aliphatic rings. The molecule has 1 heterocycles. The molecular formula is C21H24O3. The van der Waals surface area contributed by atoms with Crippen LogP contribution in [0.25, 0.3) is 0 Å². The lowest BCUT2D eigenvalue weighted by atomic mass is 10.00. The highest BCUT2D eigenvalue weighted by Gasteiger charge is 2.13. The molecule has 1 saturated heterocycles. The van der Waals surface area contributed by atoms with E-state index in [2.05, 4.69) is 6.07 Å². The summed E-state index contributed by atoms with van der Waals surface area (Å²) in [6.07, 6.45) is 5.15. The van der Waals surface area contributed by atoms with Crippen LogP contribution in [0.5, 0.6) is 0 Å². The number of aryl methyl sites for hydroxylation is 1. The zero-order valence-corrected chi connectivity index (χ0v) is 13.9. The summed E-state index contributed by atoms with van der Waals surface area (Å²) in [5.41, 5.74) is 2.65. The van der Waals surface area contributed by atoms with E-state index in [4.69, 9.17) is 9.47 Å². The summed E-state index contributed by atoms with van der Waals surface area (Å²) in [5, 5.41) is 0. The van der Waals surface area contributed by atoms with Gasteiger partial charge in [0.25, 0.3) is 0 Å². The van der Waals surface area contributed by atoms with Crippen LogP contribution in [0.15, 0.2) is 54.6 Å². The van der Waals surface area contributed by atoms with Crippen LogP contribution >= 0.6 is 0 Å². The number of rotatable bonds is 7. The number of hydrogen-bond donors (Lipinski definition) is 0. The summed E-state index contributed by atoms with van der Waals surface area (Å²) >= 11 is 0. The summed E-state index contributed by atoms with van der Waals surface area (Å²) in [6, 6.07) is 17.3. The van der Waals surface area contributed by atoms with Gasteiger partial charge in [0.2, 0.25) is 0 Å². The van der Waals surface area contributed by atoms with Gasteiger partial charge in [0, 0.05) is 17.7 Å². The zero-order chi connectivity index (χ0) is 16.6. The SMILES string of the molecule is O=C(c1ccccc1)c1cccc(CCCOC2CCCCO2)c1. The van der Waals surface area contributed by atoms with Crippen molar-refractivity contribution in [3.63, 3.8) is 0 Å². The lowest BCUT2D eigenvalue weighted by molar-refractivity contribution is -0.162. The second-order valence-corrected chi connectivity index (χ2v) is 6.17. The van der Waals surface area contributed by atoms with E-state index in [9.17, 15) is 4.79 Å². The second kappa shape index (κ2) is 8.76. The van der Waals surface area contributed by atoms with Gasteiger partial charge in [-0.1, -0.05) is 48.5 Å². The predicted octanol–water partition coefficient (Wildman–Crippen LogP) is 4.39. The van der Waals surface area contributed by atoms with Crippen LogP contribution in [0.4, 0.5) is 0 Å². The molecule has 1 aliphatic heterocycles. The molecule has 1 fully saturated rings. The highest BCUT2D eigenvalue weighted by atomic mass is 16.7. The van der Waals surface area contributed by atoms with E-state index < -0.39 is 0 Å². The van der Waals surface area contributed by atoms with Gasteiger partial charge < -0.3 is 9.47 Å². The molecular weight excluding hydrogens is 300 g/mol. The third-order valence-corrected chi connectivity index (χ3v) is 4.28. The maximum absolute atomic E-state index is 12.5. The summed E-state index contributed by atoms with van der Waals surface area (Å²) in [6.45, 7) is 1.51. The molecule has 0 aromatic heterocycles. The molecule has 3 rings (SSSR count). The topological polar surface area (TPSA) is 35.5 Å². The Labute approximate surface area is 143 Å². The van der Waals surface area contributed by atoms with Crippen molar-refractivity contribution in [3.8, 4) is 0 Å². The molecule has 2 aromatic carbocycles. The first-order chi connectivity index (χ1) is 11.8. The number of carbonyl (C=O) groups is 1. The van der Waals surface area contributed by atoms with Gasteiger partial charge in [-0.3, -0.25) is 4.79 Å². The number of hydrogen-bond acceptors (Lipinski definition) is 3. The van der Waals surface area contributed by atoms with Crippen LogP contribution in [0.2, 0.25) is 0 Å². The van der Waals surface area contributed by atoms with E-state index in [1.54, 1.807) is 0 Å². The lowest BCUT2D eigenvalue weighted by Crippen LogP contribution is -2.22. The van der Waals surface area contributed by atoms with E-state index in [0.29, 0.717) is 6.61 Å². The van der Waals surface area contributed by atoms with Gasteiger partial charge in [-0.15, -0.1) is 0 Å². The minimum absolute atomic E-state index is 0.0234. The monoisotopic (exact) mass is 324 g/mol. The van der Waals surface area contributed by atoms with Gasteiger partial charge in [0.05, 0.1) is 6.61 Å². The van der Waals surface area contributed by atoms with Crippen molar-refractivity contribution in [2.24, 2.45) is 0 Å². The number of ether oxygens (including phenoxy) is 2. The van der Waals surface area contributed by atoms with Crippen molar-refractivity contribution in [2.45, 2.75) is 38.4 Å². The first kappa shape index (κ1) is 16.9. The van der Waals surface area contributed by atoms with Crippen molar-refractivity contribution in [1.29, 1.82) is 0 Å². The van der Waals surface area contributed by atoms with E-state index in [-0.39, 0.29) is 12.1 Å². The summed E-state index contributed by atoms with van der Waals surface area (Å²) < 4.78 is 11.3. The molecule has 1 atom stereocenters. The highest BCUT2D eigenvalue weighted by molar-refractivity contribution is 6.09. The third kappa shape index (κ3) is 4.76. The zero-order valence-electron chi connectivity index (χ0n) is 13.9. The molecule has 0 N–H and O–H groups in total. The Balaban J connectivity index is 1.51. The largest absolute Gasteiger partial charge is 0.353 e. The molecule has 2 aromatic rings. The highest BCUT2D eigenvalue weighted by Crippen LogP contribution is 2.15. The average molecular weight is 324 g/mol. The molecule has 0 amide bonds. The fourth-order valence-electron chi connectivity index (χ4n) is 2.96. The first-order valence-corrected chi connectivity index (χ1v) is 8.75. The van der Waals surface area contributed by atoms with Crippen molar-refractivity contribution in [3.05, 3.63) is 71.3 Å². The Bertz CT molecular complexity index is 645. The molecule has 1 unspecified atom stereocenters. The fourth-order valence-corrected chi connectivity index (χ4v) is 2.96. The van der Waals surface area contributed by atoms with Crippen molar-refractivity contribution >= 4 is 5.78 Å². The quantitative estimate of drug-likeness (QED) is 0.559. The summed E-state index contributed by atoms with van der Waals surface area (Å²) in [4.78, 5) is 12.5. The molecule has 0 radical (unpaired) electrons. The predicted molar refractivity (Wildman–Crippen MR) is 94.2 cm³/mol. The van der Waals surface area contributed by atoms with Gasteiger partial charge in [-0.25, -0.2) is 0 Å². The van der Waals surface area contributed by atoms with Crippen molar-refractivity contribution in [2.75, 3.05) is 13.2 Å². The van der Waals surface area contributed by atoms with Crippen LogP contribution in [0.1, 0.15) is 47.2 Å². The molecule has 3 heteroatoms. The second-order valence-electron chi connectivity index (χ2n) is 6.17. The van der Waals surface area contributed by atoms with Gasteiger partial charge in [0.1, 0.15) is 0 Å². The molecule has 3 nitrogen and oxygen atoms in total. The van der Waals surface area contributed by atoms with E-state index in [1.165, 1.54) is 12.0 Å². The summed E-state index contributed by atoms with van der Waals surface area (Å²) in [7, 11) is 0. The first-order valence-electron chi connectivity index (χ1n) is 8.75. The maximum atomic E-state index is 12.5. The van der Waals surface area contributed by atoms with E-state index in [0.717, 1.165) is 43.4 Å². The van der Waals surface area contributed by atoms with Crippen molar-refractivity contribution in [1.82, 2.24) is 0 Å². The molecule has 0 spiro atoms. The molecule has 126 valence electrons. The van der Waals surface area contributed by atoms with Gasteiger partial charge in [0.15, 0.2) is 12.1 Å². The third-order valence-electron chi connectivity index (χ3n) is 4.28. The number of ketones is 1. The maximum Gasteiger partial charge on any atom is 0.193 e. The van der Waals surface area contributed by atoms with Gasteiger partial charge >= 0.3 is 0 Å². The van der Waals surface area contributed by atoms with Gasteiger partial charge in [-0.2, -0.15) is 0 Å². The summed E-state index contributed by atoms with van der Waals surface area (Å²) in [5.74, 6) is 0.0734. The Morgan fingerprint density at radius 1 is 1.04 bits per heavy atom. The van der Waals surface area contributed by atoms with Crippen molar-refractivity contribution < 1.29 is 14.3 Å². The molecule has 0 bridgehead atoms. The normalized spacial score (nSPS) is 17.6. The van der Waals surface area contributed by atoms with E-state index in [1.807, 2.05) is 48.5 Å². The average Bonchev–Trinajstić information content (AvgIpc) is 2.66. The number of benzene rings is 2. The lowest BCUT2D eigenvalue weighted by Gasteiger charge is -2.22. The Hall–Kier alpha value is -1.97. The smallest absolute Gasteiger partial charge is 0.193 e. The minimum Gasteiger partial charge on any atom is -0.353 e. The van der Waals surface area contributed by atoms with Crippen LogP contribution in [0, 0.1) is 0 Å². The molecule has 0 aliphatic carbocycles.